The molecule has 106 valence electrons. The van der Waals surface area contributed by atoms with Crippen LogP contribution in [0, 0.1) is 0 Å². The molecule has 1 aliphatic carbocycles. The average molecular weight is 262 g/mol. The molecule has 2 heterocycles. The van der Waals surface area contributed by atoms with Gasteiger partial charge < -0.3 is 5.73 Å². The van der Waals surface area contributed by atoms with E-state index in [4.69, 9.17) is 5.73 Å². The van der Waals surface area contributed by atoms with E-state index in [-0.39, 0.29) is 11.6 Å². The molecule has 2 N–H and O–H groups in total. The molecule has 2 aliphatic rings. The monoisotopic (exact) mass is 262 g/mol. The topological polar surface area (TPSA) is 47.1 Å². The molecule has 0 radical (unpaired) electrons. The van der Waals surface area contributed by atoms with Crippen LogP contribution in [0.3, 0.4) is 0 Å². The Morgan fingerprint density at radius 1 is 1.26 bits per heavy atom. The summed E-state index contributed by atoms with van der Waals surface area (Å²) in [5, 5.41) is 4.40. The molecule has 0 aromatic carbocycles. The molecule has 1 saturated carbocycles. The maximum atomic E-state index is 6.73. The molecule has 0 amide bonds. The zero-order chi connectivity index (χ0) is 13.3. The van der Waals surface area contributed by atoms with E-state index < -0.39 is 0 Å². The van der Waals surface area contributed by atoms with Crippen LogP contribution in [0.1, 0.15) is 57.2 Å². The summed E-state index contributed by atoms with van der Waals surface area (Å²) in [5.41, 5.74) is 8.15. The van der Waals surface area contributed by atoms with Crippen molar-refractivity contribution in [3.05, 3.63) is 18.0 Å². The van der Waals surface area contributed by atoms with Crippen LogP contribution < -0.4 is 5.73 Å². The fraction of sp³-hybridized carbons (Fsp3) is 0.800. The van der Waals surface area contributed by atoms with E-state index in [1.165, 1.54) is 57.3 Å². The van der Waals surface area contributed by atoms with E-state index in [1.807, 2.05) is 6.20 Å². The van der Waals surface area contributed by atoms with Gasteiger partial charge in [0.25, 0.3) is 0 Å². The molecule has 1 saturated heterocycles. The second kappa shape index (κ2) is 5.25. The van der Waals surface area contributed by atoms with Gasteiger partial charge in [0, 0.05) is 18.3 Å². The van der Waals surface area contributed by atoms with Crippen LogP contribution in [-0.4, -0.2) is 33.3 Å². The molecular weight excluding hydrogens is 236 g/mol. The first-order valence-electron chi connectivity index (χ1n) is 7.80. The quantitative estimate of drug-likeness (QED) is 0.906. The molecule has 1 aromatic rings. The van der Waals surface area contributed by atoms with Crippen LogP contribution in [0.2, 0.25) is 0 Å². The zero-order valence-electron chi connectivity index (χ0n) is 12.0. The first-order chi connectivity index (χ1) is 9.28. The van der Waals surface area contributed by atoms with Crippen molar-refractivity contribution in [3.63, 3.8) is 0 Å². The summed E-state index contributed by atoms with van der Waals surface area (Å²) in [5.74, 6) is 0. The smallest absolute Gasteiger partial charge is 0.0653 e. The van der Waals surface area contributed by atoms with Crippen molar-refractivity contribution in [1.29, 1.82) is 0 Å². The van der Waals surface area contributed by atoms with Crippen molar-refractivity contribution in [2.45, 2.75) is 63.6 Å². The number of hydrogen-bond donors (Lipinski definition) is 1. The molecule has 1 unspecified atom stereocenters. The van der Waals surface area contributed by atoms with Gasteiger partial charge in [0.05, 0.1) is 11.7 Å². The van der Waals surface area contributed by atoms with Crippen molar-refractivity contribution in [3.8, 4) is 0 Å². The van der Waals surface area contributed by atoms with Gasteiger partial charge in [-0.05, 0) is 51.8 Å². The van der Waals surface area contributed by atoms with E-state index in [9.17, 15) is 0 Å². The van der Waals surface area contributed by atoms with Gasteiger partial charge in [0.15, 0.2) is 0 Å². The van der Waals surface area contributed by atoms with E-state index in [0.717, 1.165) is 6.54 Å². The highest BCUT2D eigenvalue weighted by Crippen LogP contribution is 2.44. The highest BCUT2D eigenvalue weighted by Gasteiger charge is 2.46. The third kappa shape index (κ3) is 2.11. The van der Waals surface area contributed by atoms with Gasteiger partial charge in [0.1, 0.15) is 0 Å². The second-order valence-corrected chi connectivity index (χ2v) is 6.05. The lowest BCUT2D eigenvalue weighted by atomic mass is 9.84. The maximum absolute atomic E-state index is 6.73. The first kappa shape index (κ1) is 13.1. The molecule has 0 bridgehead atoms. The van der Waals surface area contributed by atoms with Gasteiger partial charge in [-0.15, -0.1) is 0 Å². The van der Waals surface area contributed by atoms with Crippen molar-refractivity contribution in [1.82, 2.24) is 14.7 Å². The van der Waals surface area contributed by atoms with Gasteiger partial charge in [0.2, 0.25) is 0 Å². The molecule has 19 heavy (non-hydrogen) atoms. The third-order valence-electron chi connectivity index (χ3n) is 5.15. The lowest BCUT2D eigenvalue weighted by Gasteiger charge is -2.43. The number of aryl methyl sites for hydroxylation is 1. The predicted octanol–water partition coefficient (Wildman–Crippen LogP) is 2.31. The molecule has 2 fully saturated rings. The molecule has 4 nitrogen and oxygen atoms in total. The van der Waals surface area contributed by atoms with Crippen LogP contribution in [0.25, 0.3) is 0 Å². The van der Waals surface area contributed by atoms with Crippen LogP contribution in [-0.2, 0) is 6.54 Å². The Kier molecular flexibility index (Phi) is 3.63. The van der Waals surface area contributed by atoms with Crippen LogP contribution in [0.5, 0.6) is 0 Å². The largest absolute Gasteiger partial charge is 0.321 e. The summed E-state index contributed by atoms with van der Waals surface area (Å²) < 4.78 is 2.07. The summed E-state index contributed by atoms with van der Waals surface area (Å²) in [7, 11) is 0. The van der Waals surface area contributed by atoms with Crippen molar-refractivity contribution >= 4 is 0 Å². The highest BCUT2D eigenvalue weighted by molar-refractivity contribution is 5.17. The van der Waals surface area contributed by atoms with Crippen molar-refractivity contribution < 1.29 is 0 Å². The van der Waals surface area contributed by atoms with E-state index in [0.29, 0.717) is 0 Å². The van der Waals surface area contributed by atoms with E-state index in [1.54, 1.807) is 0 Å². The summed E-state index contributed by atoms with van der Waals surface area (Å²) in [6, 6.07) is 2.22. The molecule has 0 spiro atoms. The molecule has 4 heteroatoms. The molecule has 1 aromatic heterocycles. The number of aromatic nitrogens is 2. The highest BCUT2D eigenvalue weighted by atomic mass is 15.3. The minimum absolute atomic E-state index is 0.107. The van der Waals surface area contributed by atoms with Gasteiger partial charge in [-0.1, -0.05) is 12.8 Å². The summed E-state index contributed by atoms with van der Waals surface area (Å²) in [6.45, 7) is 5.51. The number of nitrogens with two attached hydrogens (primary N) is 1. The Morgan fingerprint density at radius 2 is 1.95 bits per heavy atom. The summed E-state index contributed by atoms with van der Waals surface area (Å²) >= 11 is 0. The lowest BCUT2D eigenvalue weighted by Crippen LogP contribution is -2.53. The molecular formula is C15H26N4. The van der Waals surface area contributed by atoms with E-state index >= 15 is 0 Å². The second-order valence-electron chi connectivity index (χ2n) is 6.05. The standard InChI is InChI=1S/C15H26N4/c1-2-19-13(7-10-17-19)14(16)15(8-3-4-9-15)18-11-5-6-12-18/h7,10,14H,2-6,8-9,11-12,16H2,1H3. The van der Waals surface area contributed by atoms with Gasteiger partial charge in [-0.3, -0.25) is 9.58 Å². The minimum atomic E-state index is 0.107. The number of nitrogens with zero attached hydrogens (tertiary/aromatic N) is 3. The van der Waals surface area contributed by atoms with Gasteiger partial charge in [-0.2, -0.15) is 5.10 Å². The minimum Gasteiger partial charge on any atom is -0.321 e. The normalized spacial score (nSPS) is 24.9. The summed E-state index contributed by atoms with van der Waals surface area (Å²) in [4.78, 5) is 2.68. The van der Waals surface area contributed by atoms with Gasteiger partial charge >= 0.3 is 0 Å². The SMILES string of the molecule is CCn1nccc1C(N)C1(N2CCCC2)CCCC1. The van der Waals surface area contributed by atoms with Crippen molar-refractivity contribution in [2.75, 3.05) is 13.1 Å². The van der Waals surface area contributed by atoms with Crippen LogP contribution >= 0.6 is 0 Å². The van der Waals surface area contributed by atoms with E-state index in [2.05, 4.69) is 27.7 Å². The lowest BCUT2D eigenvalue weighted by molar-refractivity contribution is 0.0888. The Hall–Kier alpha value is -0.870. The van der Waals surface area contributed by atoms with Crippen LogP contribution in [0.4, 0.5) is 0 Å². The number of hydrogen-bond acceptors (Lipinski definition) is 3. The number of rotatable bonds is 4. The Bertz CT molecular complexity index is 414. The number of likely N-dealkylation sites (tertiary alicyclic amines) is 1. The Balaban J connectivity index is 1.91. The molecule has 1 atom stereocenters. The van der Waals surface area contributed by atoms with Crippen LogP contribution in [0.15, 0.2) is 12.3 Å². The van der Waals surface area contributed by atoms with Crippen molar-refractivity contribution in [2.24, 2.45) is 5.73 Å². The first-order valence-corrected chi connectivity index (χ1v) is 7.80. The Morgan fingerprint density at radius 3 is 2.58 bits per heavy atom. The zero-order valence-corrected chi connectivity index (χ0v) is 12.0. The Labute approximate surface area is 116 Å². The average Bonchev–Trinajstić information content (AvgIpc) is 3.16. The van der Waals surface area contributed by atoms with Gasteiger partial charge in [-0.25, -0.2) is 0 Å². The predicted molar refractivity (Wildman–Crippen MR) is 76.8 cm³/mol. The maximum Gasteiger partial charge on any atom is 0.0653 e. The molecule has 1 aliphatic heterocycles. The fourth-order valence-corrected chi connectivity index (χ4v) is 4.12. The molecule has 3 rings (SSSR count). The third-order valence-corrected chi connectivity index (χ3v) is 5.15. The summed E-state index contributed by atoms with van der Waals surface area (Å²) in [6.07, 6.45) is 9.72. The fourth-order valence-electron chi connectivity index (χ4n) is 4.12.